The predicted molar refractivity (Wildman–Crippen MR) is 142 cm³/mol. The van der Waals surface area contributed by atoms with E-state index in [2.05, 4.69) is 39.3 Å². The highest BCUT2D eigenvalue weighted by Gasteiger charge is 2.08. The van der Waals surface area contributed by atoms with Crippen molar-refractivity contribution in [2.75, 3.05) is 25.6 Å². The Labute approximate surface area is 209 Å². The van der Waals surface area contributed by atoms with E-state index in [1.54, 1.807) is 13.3 Å². The average Bonchev–Trinajstić information content (AvgIpc) is 2.84. The fraction of sp³-hybridized carbons (Fsp3) is 0.185. The minimum absolute atomic E-state index is 0.273. The summed E-state index contributed by atoms with van der Waals surface area (Å²) >= 11 is 6.50. The Bertz CT molecular complexity index is 1370. The molecule has 3 aromatic carbocycles. The van der Waals surface area contributed by atoms with Gasteiger partial charge in [0, 0.05) is 24.4 Å². The Morgan fingerprint density at radius 1 is 1.11 bits per heavy atom. The number of fused-ring (bicyclic) bond motifs is 1. The van der Waals surface area contributed by atoms with E-state index in [4.69, 9.17) is 26.5 Å². The largest absolute Gasteiger partial charge is 0.487 e. The van der Waals surface area contributed by atoms with Gasteiger partial charge in [-0.1, -0.05) is 47.5 Å². The van der Waals surface area contributed by atoms with Crippen LogP contribution in [0.3, 0.4) is 0 Å². The number of halogens is 1. The van der Waals surface area contributed by atoms with Crippen LogP contribution < -0.4 is 10.1 Å². The van der Waals surface area contributed by atoms with Crippen LogP contribution in [0.4, 0.5) is 11.5 Å². The number of anilines is 2. The summed E-state index contributed by atoms with van der Waals surface area (Å²) in [4.78, 5) is 13.1. The van der Waals surface area contributed by atoms with Crippen LogP contribution in [-0.4, -0.2) is 42.2 Å². The first-order chi connectivity index (χ1) is 17.0. The van der Waals surface area contributed by atoms with Gasteiger partial charge in [-0.25, -0.2) is 9.97 Å². The van der Waals surface area contributed by atoms with Gasteiger partial charge < -0.3 is 20.2 Å². The van der Waals surface area contributed by atoms with Crippen molar-refractivity contribution in [2.45, 2.75) is 13.5 Å². The third-order valence-corrected chi connectivity index (χ3v) is 5.47. The summed E-state index contributed by atoms with van der Waals surface area (Å²) in [5, 5.41) is 12.4. The fourth-order valence-electron chi connectivity index (χ4n) is 3.53. The number of hydrogen-bond donors (Lipinski definition) is 2. The molecule has 178 valence electrons. The lowest BCUT2D eigenvalue weighted by Gasteiger charge is -2.12. The smallest absolute Gasteiger partial charge is 0.141 e. The number of aliphatic imine (C=N–C) groups is 1. The van der Waals surface area contributed by atoms with Gasteiger partial charge in [0.15, 0.2) is 0 Å². The highest BCUT2D eigenvalue weighted by molar-refractivity contribution is 6.32. The van der Waals surface area contributed by atoms with Crippen molar-refractivity contribution in [1.82, 2.24) is 9.97 Å². The van der Waals surface area contributed by atoms with Crippen molar-refractivity contribution in [3.63, 3.8) is 0 Å². The van der Waals surface area contributed by atoms with Gasteiger partial charge in [-0.3, -0.25) is 4.99 Å². The Morgan fingerprint density at radius 3 is 2.80 bits per heavy atom. The van der Waals surface area contributed by atoms with Gasteiger partial charge >= 0.3 is 0 Å². The Kier molecular flexibility index (Phi) is 8.03. The molecule has 7 nitrogen and oxygen atoms in total. The quantitative estimate of drug-likeness (QED) is 0.268. The molecular weight excluding hydrogens is 462 g/mol. The lowest BCUT2D eigenvalue weighted by molar-refractivity contribution is 0.244. The molecule has 0 aliphatic carbocycles. The zero-order valence-corrected chi connectivity index (χ0v) is 20.3. The van der Waals surface area contributed by atoms with Gasteiger partial charge in [0.2, 0.25) is 0 Å². The number of methoxy groups -OCH3 is 1. The molecule has 0 aliphatic rings. The highest BCUT2D eigenvalue weighted by atomic mass is 35.5. The van der Waals surface area contributed by atoms with Crippen LogP contribution in [0.15, 0.2) is 72.0 Å². The van der Waals surface area contributed by atoms with Gasteiger partial charge in [-0.2, -0.15) is 0 Å². The van der Waals surface area contributed by atoms with Crippen LogP contribution in [0.5, 0.6) is 5.75 Å². The zero-order chi connectivity index (χ0) is 24.6. The average molecular weight is 488 g/mol. The second-order valence-corrected chi connectivity index (χ2v) is 8.46. The van der Waals surface area contributed by atoms with E-state index in [1.165, 1.54) is 11.9 Å². The third-order valence-electron chi connectivity index (χ3n) is 5.17. The molecule has 1 heterocycles. The van der Waals surface area contributed by atoms with Crippen LogP contribution in [-0.2, 0) is 11.3 Å². The normalized spacial score (nSPS) is 11.2. The molecule has 4 aromatic rings. The molecule has 0 spiro atoms. The van der Waals surface area contributed by atoms with Crippen molar-refractivity contribution in [3.8, 4) is 5.75 Å². The zero-order valence-electron chi connectivity index (χ0n) is 19.6. The molecule has 0 saturated carbocycles. The van der Waals surface area contributed by atoms with Gasteiger partial charge in [-0.15, -0.1) is 0 Å². The maximum atomic E-state index is 7.77. The molecule has 0 aliphatic heterocycles. The highest BCUT2D eigenvalue weighted by Crippen LogP contribution is 2.31. The fourth-order valence-corrected chi connectivity index (χ4v) is 3.77. The van der Waals surface area contributed by atoms with Gasteiger partial charge in [0.25, 0.3) is 0 Å². The molecule has 1 aromatic heterocycles. The summed E-state index contributed by atoms with van der Waals surface area (Å²) in [5.74, 6) is 1.27. The maximum Gasteiger partial charge on any atom is 0.141 e. The molecule has 0 bridgehead atoms. The van der Waals surface area contributed by atoms with Crippen LogP contribution >= 0.6 is 11.6 Å². The van der Waals surface area contributed by atoms with E-state index >= 15 is 0 Å². The Hall–Kier alpha value is -3.81. The molecule has 35 heavy (non-hydrogen) atoms. The third kappa shape index (κ3) is 6.62. The first kappa shape index (κ1) is 24.3. The van der Waals surface area contributed by atoms with Crippen molar-refractivity contribution in [1.29, 1.82) is 5.41 Å². The lowest BCUT2D eigenvalue weighted by Crippen LogP contribution is -2.08. The number of aryl methyl sites for hydroxylation is 1. The second-order valence-electron chi connectivity index (χ2n) is 8.05. The molecule has 4 rings (SSSR count). The molecule has 2 N–H and O–H groups in total. The summed E-state index contributed by atoms with van der Waals surface area (Å²) in [7, 11) is 1.56. The molecule has 0 saturated heterocycles. The maximum absolute atomic E-state index is 7.77. The monoisotopic (exact) mass is 487 g/mol. The standard InChI is InChI=1S/C27H26ClN5O2/c1-18-4-3-5-20(10-18)15-35-26-9-7-22(12-24(26)28)33-27-23-11-19(6-8-25(23)31-17-32-27)13-30-14-21(29)16-34-2/h3-13,17,29H,14-16H2,1-2H3,(H,31,32,33). The molecule has 0 radical (unpaired) electrons. The molecular formula is C27H26ClN5O2. The van der Waals surface area contributed by atoms with E-state index in [-0.39, 0.29) is 6.61 Å². The topological polar surface area (TPSA) is 92.5 Å². The number of hydrogen-bond acceptors (Lipinski definition) is 7. The van der Waals surface area contributed by atoms with Crippen LogP contribution in [0.1, 0.15) is 16.7 Å². The Morgan fingerprint density at radius 2 is 2.00 bits per heavy atom. The minimum atomic E-state index is 0.273. The van der Waals surface area contributed by atoms with Crippen molar-refractivity contribution < 1.29 is 9.47 Å². The molecule has 0 atom stereocenters. The van der Waals surface area contributed by atoms with Crippen LogP contribution in [0.2, 0.25) is 5.02 Å². The second kappa shape index (κ2) is 11.6. The minimum Gasteiger partial charge on any atom is -0.487 e. The predicted octanol–water partition coefficient (Wildman–Crippen LogP) is 6.00. The molecule has 8 heteroatoms. The summed E-state index contributed by atoms with van der Waals surface area (Å²) in [6.45, 7) is 3.06. The van der Waals surface area contributed by atoms with Gasteiger partial charge in [0.05, 0.1) is 29.4 Å². The number of rotatable bonds is 10. The lowest BCUT2D eigenvalue weighted by atomic mass is 10.1. The SMILES string of the molecule is COCC(=N)CN=Cc1ccc2ncnc(Nc3ccc(OCc4cccc(C)c4)c(Cl)c3)c2c1. The van der Waals surface area contributed by atoms with Crippen LogP contribution in [0.25, 0.3) is 10.9 Å². The number of nitrogens with one attached hydrogen (secondary N) is 2. The number of ether oxygens (including phenoxy) is 2. The number of nitrogens with zero attached hydrogens (tertiary/aromatic N) is 3. The molecule has 0 fully saturated rings. The molecule has 0 amide bonds. The summed E-state index contributed by atoms with van der Waals surface area (Å²) in [6, 6.07) is 19.5. The first-order valence-electron chi connectivity index (χ1n) is 11.1. The van der Waals surface area contributed by atoms with Crippen molar-refractivity contribution >= 4 is 45.9 Å². The van der Waals surface area contributed by atoms with E-state index in [9.17, 15) is 0 Å². The van der Waals surface area contributed by atoms with Gasteiger partial charge in [-0.05, 0) is 48.4 Å². The Balaban J connectivity index is 1.48. The first-order valence-corrected chi connectivity index (χ1v) is 11.4. The summed E-state index contributed by atoms with van der Waals surface area (Å²) < 4.78 is 10.9. The van der Waals surface area contributed by atoms with E-state index in [0.717, 1.165) is 27.7 Å². The van der Waals surface area contributed by atoms with E-state index in [0.29, 0.717) is 35.5 Å². The summed E-state index contributed by atoms with van der Waals surface area (Å²) in [6.07, 6.45) is 3.25. The van der Waals surface area contributed by atoms with Crippen molar-refractivity contribution in [3.05, 3.63) is 88.7 Å². The van der Waals surface area contributed by atoms with Crippen LogP contribution in [0, 0.1) is 12.3 Å². The molecule has 0 unspecified atom stereocenters. The number of benzene rings is 3. The van der Waals surface area contributed by atoms with E-state index < -0.39 is 0 Å². The van der Waals surface area contributed by atoms with Crippen molar-refractivity contribution in [2.24, 2.45) is 4.99 Å². The van der Waals surface area contributed by atoms with E-state index in [1.807, 2.05) is 48.5 Å². The summed E-state index contributed by atoms with van der Waals surface area (Å²) in [5.41, 5.74) is 5.16. The van der Waals surface area contributed by atoms with Gasteiger partial charge in [0.1, 0.15) is 24.5 Å². The number of aromatic nitrogens is 2.